The van der Waals surface area contributed by atoms with Gasteiger partial charge in [0.25, 0.3) is 0 Å². The van der Waals surface area contributed by atoms with Gasteiger partial charge < -0.3 is 4.74 Å². The topological polar surface area (TPSA) is 58.8 Å². The normalized spacial score (nSPS) is 10.1. The van der Waals surface area contributed by atoms with E-state index in [1.54, 1.807) is 6.07 Å². The first-order valence-corrected chi connectivity index (χ1v) is 6.65. The third-order valence-electron chi connectivity index (χ3n) is 2.68. The third kappa shape index (κ3) is 5.62. The van der Waals surface area contributed by atoms with Crippen LogP contribution in [-0.2, 0) is 0 Å². The Balaban J connectivity index is 2.23. The predicted molar refractivity (Wildman–Crippen MR) is 70.4 cm³/mol. The van der Waals surface area contributed by atoms with Crippen molar-refractivity contribution >= 4 is 0 Å². The van der Waals surface area contributed by atoms with Crippen LogP contribution in [0.3, 0.4) is 0 Å². The lowest BCUT2D eigenvalue weighted by molar-refractivity contribution is 0.280. The highest BCUT2D eigenvalue weighted by Gasteiger charge is 2.02. The van der Waals surface area contributed by atoms with Gasteiger partial charge in [-0.1, -0.05) is 39.0 Å². The summed E-state index contributed by atoms with van der Waals surface area (Å²) in [6, 6.07) is 3.97. The summed E-state index contributed by atoms with van der Waals surface area (Å²) in [6.45, 7) is 4.67. The Kier molecular flexibility index (Phi) is 6.78. The van der Waals surface area contributed by atoms with E-state index in [0.717, 1.165) is 12.1 Å². The highest BCUT2D eigenvalue weighted by molar-refractivity contribution is 5.23. The number of nitriles is 1. The number of aromatic nitrogens is 2. The van der Waals surface area contributed by atoms with Crippen molar-refractivity contribution in [1.82, 2.24) is 9.97 Å². The molecule has 4 nitrogen and oxygen atoms in total. The zero-order valence-electron chi connectivity index (χ0n) is 11.3. The Morgan fingerprint density at radius 1 is 1.17 bits per heavy atom. The maximum atomic E-state index is 8.78. The number of ether oxygens (including phenoxy) is 1. The Morgan fingerprint density at radius 2 is 1.89 bits per heavy atom. The number of hydrogen-bond acceptors (Lipinski definition) is 4. The van der Waals surface area contributed by atoms with Crippen LogP contribution in [0.5, 0.6) is 6.01 Å². The molecule has 0 fully saturated rings. The van der Waals surface area contributed by atoms with Crippen molar-refractivity contribution in [3.8, 4) is 12.1 Å². The molecule has 1 aromatic heterocycles. The first kappa shape index (κ1) is 14.4. The van der Waals surface area contributed by atoms with Crippen LogP contribution >= 0.6 is 0 Å². The van der Waals surface area contributed by atoms with Crippen molar-refractivity contribution in [2.45, 2.75) is 52.4 Å². The Hall–Kier alpha value is -1.63. The van der Waals surface area contributed by atoms with Gasteiger partial charge in [0.1, 0.15) is 11.8 Å². The molecule has 0 radical (unpaired) electrons. The highest BCUT2D eigenvalue weighted by Crippen LogP contribution is 2.08. The molecule has 4 heteroatoms. The second-order valence-electron chi connectivity index (χ2n) is 4.41. The zero-order valence-corrected chi connectivity index (χ0v) is 11.3. The summed E-state index contributed by atoms with van der Waals surface area (Å²) >= 11 is 0. The van der Waals surface area contributed by atoms with Gasteiger partial charge in [0.2, 0.25) is 0 Å². The van der Waals surface area contributed by atoms with E-state index in [4.69, 9.17) is 10.00 Å². The second kappa shape index (κ2) is 8.46. The fourth-order valence-corrected chi connectivity index (χ4v) is 1.71. The van der Waals surface area contributed by atoms with Gasteiger partial charge in [0, 0.05) is 5.69 Å². The van der Waals surface area contributed by atoms with Crippen LogP contribution in [0.4, 0.5) is 0 Å². The van der Waals surface area contributed by atoms with Crippen LogP contribution < -0.4 is 4.74 Å². The number of unbranched alkanes of at least 4 members (excludes halogenated alkanes) is 5. The molecule has 0 spiro atoms. The quantitative estimate of drug-likeness (QED) is 0.661. The van der Waals surface area contributed by atoms with E-state index in [1.165, 1.54) is 32.1 Å². The van der Waals surface area contributed by atoms with Gasteiger partial charge in [-0.05, 0) is 19.4 Å². The average molecular weight is 247 g/mol. The summed E-state index contributed by atoms with van der Waals surface area (Å²) in [5.74, 6) is 0. The van der Waals surface area contributed by atoms with E-state index in [0.29, 0.717) is 18.3 Å². The lowest BCUT2D eigenvalue weighted by Crippen LogP contribution is -2.03. The predicted octanol–water partition coefficient (Wildman–Crippen LogP) is 3.40. The fraction of sp³-hybridized carbons (Fsp3) is 0.643. The molecule has 98 valence electrons. The maximum absolute atomic E-state index is 8.78. The van der Waals surface area contributed by atoms with Gasteiger partial charge in [-0.3, -0.25) is 0 Å². The molecule has 0 atom stereocenters. The number of aryl methyl sites for hydroxylation is 1. The minimum absolute atomic E-state index is 0.320. The van der Waals surface area contributed by atoms with Gasteiger partial charge >= 0.3 is 6.01 Å². The van der Waals surface area contributed by atoms with Crippen molar-refractivity contribution < 1.29 is 4.74 Å². The molecular weight excluding hydrogens is 226 g/mol. The van der Waals surface area contributed by atoms with Crippen LogP contribution in [0, 0.1) is 18.3 Å². The lowest BCUT2D eigenvalue weighted by Gasteiger charge is -2.05. The van der Waals surface area contributed by atoms with Gasteiger partial charge in [-0.2, -0.15) is 10.2 Å². The van der Waals surface area contributed by atoms with Crippen LogP contribution in [0.1, 0.15) is 56.8 Å². The van der Waals surface area contributed by atoms with E-state index < -0.39 is 0 Å². The molecule has 1 rings (SSSR count). The van der Waals surface area contributed by atoms with Crippen molar-refractivity contribution in [3.63, 3.8) is 0 Å². The van der Waals surface area contributed by atoms with Crippen LogP contribution in [-0.4, -0.2) is 16.6 Å². The largest absolute Gasteiger partial charge is 0.463 e. The molecule has 0 aliphatic heterocycles. The molecule has 0 aliphatic rings. The molecule has 1 heterocycles. The molecule has 0 saturated heterocycles. The van der Waals surface area contributed by atoms with Crippen molar-refractivity contribution in [2.24, 2.45) is 0 Å². The van der Waals surface area contributed by atoms with E-state index in [1.807, 2.05) is 13.0 Å². The maximum Gasteiger partial charge on any atom is 0.317 e. The molecule has 0 saturated carbocycles. The van der Waals surface area contributed by atoms with E-state index in [-0.39, 0.29) is 0 Å². The van der Waals surface area contributed by atoms with Crippen LogP contribution in [0.2, 0.25) is 0 Å². The molecule has 0 unspecified atom stereocenters. The summed E-state index contributed by atoms with van der Waals surface area (Å²) in [6.07, 6.45) is 7.34. The zero-order chi connectivity index (χ0) is 13.2. The average Bonchev–Trinajstić information content (AvgIpc) is 2.37. The molecule has 0 aliphatic carbocycles. The Morgan fingerprint density at radius 3 is 2.61 bits per heavy atom. The molecule has 0 aromatic carbocycles. The monoisotopic (exact) mass is 247 g/mol. The molecule has 0 N–H and O–H groups in total. The van der Waals surface area contributed by atoms with E-state index >= 15 is 0 Å². The van der Waals surface area contributed by atoms with E-state index in [2.05, 4.69) is 16.9 Å². The molecular formula is C14H21N3O. The fourth-order valence-electron chi connectivity index (χ4n) is 1.71. The van der Waals surface area contributed by atoms with Gasteiger partial charge in [-0.15, -0.1) is 0 Å². The summed E-state index contributed by atoms with van der Waals surface area (Å²) in [7, 11) is 0. The first-order valence-electron chi connectivity index (χ1n) is 6.65. The minimum atomic E-state index is 0.320. The summed E-state index contributed by atoms with van der Waals surface area (Å²) in [4.78, 5) is 8.15. The Bertz CT molecular complexity index is 399. The highest BCUT2D eigenvalue weighted by atomic mass is 16.5. The molecule has 0 bridgehead atoms. The van der Waals surface area contributed by atoms with Crippen molar-refractivity contribution in [2.75, 3.05) is 6.61 Å². The second-order valence-corrected chi connectivity index (χ2v) is 4.41. The standard InChI is InChI=1S/C14H21N3O/c1-3-4-5-6-7-8-9-18-14-16-12(2)10-13(11-15)17-14/h10H,3-9H2,1-2H3. The number of nitrogens with zero attached hydrogens (tertiary/aromatic N) is 3. The number of hydrogen-bond donors (Lipinski definition) is 0. The molecule has 18 heavy (non-hydrogen) atoms. The van der Waals surface area contributed by atoms with E-state index in [9.17, 15) is 0 Å². The minimum Gasteiger partial charge on any atom is -0.463 e. The Labute approximate surface area is 109 Å². The summed E-state index contributed by atoms with van der Waals surface area (Å²) < 4.78 is 5.46. The first-order chi connectivity index (χ1) is 8.76. The van der Waals surface area contributed by atoms with Gasteiger partial charge in [-0.25, -0.2) is 4.98 Å². The molecule has 1 aromatic rings. The van der Waals surface area contributed by atoms with Crippen molar-refractivity contribution in [3.05, 3.63) is 17.5 Å². The SMILES string of the molecule is CCCCCCCCOc1nc(C)cc(C#N)n1. The summed E-state index contributed by atoms with van der Waals surface area (Å²) in [5, 5.41) is 8.78. The lowest BCUT2D eigenvalue weighted by atomic mass is 10.1. The van der Waals surface area contributed by atoms with Gasteiger partial charge in [0.15, 0.2) is 0 Å². The summed E-state index contributed by atoms with van der Waals surface area (Å²) in [5.41, 5.74) is 1.12. The smallest absolute Gasteiger partial charge is 0.317 e. The van der Waals surface area contributed by atoms with Gasteiger partial charge in [0.05, 0.1) is 6.61 Å². The number of rotatable bonds is 8. The van der Waals surface area contributed by atoms with Crippen LogP contribution in [0.25, 0.3) is 0 Å². The molecule has 0 amide bonds. The van der Waals surface area contributed by atoms with Crippen LogP contribution in [0.15, 0.2) is 6.07 Å². The van der Waals surface area contributed by atoms with Crippen molar-refractivity contribution in [1.29, 1.82) is 5.26 Å². The third-order valence-corrected chi connectivity index (χ3v) is 2.68.